The minimum atomic E-state index is -0.242. The lowest BCUT2D eigenvalue weighted by Gasteiger charge is -2.27. The van der Waals surface area contributed by atoms with Gasteiger partial charge in [0.1, 0.15) is 5.82 Å². The number of carbonyl (C=O) groups is 2. The van der Waals surface area contributed by atoms with Crippen molar-refractivity contribution in [3.63, 3.8) is 0 Å². The third-order valence-corrected chi connectivity index (χ3v) is 7.00. The number of aryl methyl sites for hydroxylation is 3. The maximum atomic E-state index is 13.2. The van der Waals surface area contributed by atoms with Crippen LogP contribution in [0.25, 0.3) is 0 Å². The van der Waals surface area contributed by atoms with Crippen LogP contribution in [-0.4, -0.2) is 44.6 Å². The Morgan fingerprint density at radius 3 is 2.42 bits per heavy atom. The number of likely N-dealkylation sites (tertiary alicyclic amines) is 1. The Kier molecular flexibility index (Phi) is 5.48. The van der Waals surface area contributed by atoms with E-state index in [9.17, 15) is 9.59 Å². The number of carbonyl (C=O) groups excluding carboxylic acids is 2. The van der Waals surface area contributed by atoms with Crippen molar-refractivity contribution in [2.24, 2.45) is 5.41 Å². The molecule has 2 aliphatic heterocycles. The quantitative estimate of drug-likeness (QED) is 0.663. The van der Waals surface area contributed by atoms with Gasteiger partial charge in [0, 0.05) is 37.3 Å². The number of amides is 2. The number of anilines is 1. The summed E-state index contributed by atoms with van der Waals surface area (Å²) in [7, 11) is 0. The summed E-state index contributed by atoms with van der Waals surface area (Å²) in [5.41, 5.74) is 3.79. The number of benzene rings is 2. The normalized spacial score (nSPS) is 19.9. The summed E-state index contributed by atoms with van der Waals surface area (Å²) in [4.78, 5) is 28.0. The first-order chi connectivity index (χ1) is 15.9. The molecule has 7 heteroatoms. The predicted octanol–water partition coefficient (Wildman–Crippen LogP) is 4.02. The Bertz CT molecular complexity index is 1180. The molecular formula is C26H29N5O2. The molecule has 3 aromatic rings. The molecule has 0 radical (unpaired) electrons. The Hall–Kier alpha value is -3.48. The molecule has 1 spiro atoms. The zero-order chi connectivity index (χ0) is 23.0. The number of nitrogens with zero attached hydrogens (tertiary/aromatic N) is 4. The number of nitrogens with one attached hydrogen (secondary N) is 1. The number of hydrogen-bond donors (Lipinski definition) is 1. The van der Waals surface area contributed by atoms with E-state index >= 15 is 0 Å². The van der Waals surface area contributed by atoms with Crippen LogP contribution in [0.1, 0.15) is 57.2 Å². The summed E-state index contributed by atoms with van der Waals surface area (Å²) in [6.45, 7) is 6.27. The second kappa shape index (κ2) is 8.46. The summed E-state index contributed by atoms with van der Waals surface area (Å²) in [5, 5.41) is 11.4. The van der Waals surface area contributed by atoms with E-state index in [4.69, 9.17) is 0 Å². The average Bonchev–Trinajstić information content (AvgIpc) is 3.36. The van der Waals surface area contributed by atoms with E-state index in [-0.39, 0.29) is 17.2 Å². The SMILES string of the molecule is Cc1cc(C)cc(C(=O)N2CC[C@@]3(CCc4nnc(C(=O)Nc5ccccc5)n4CC3)C2)c1. The first-order valence-corrected chi connectivity index (χ1v) is 11.6. The average molecular weight is 444 g/mol. The van der Waals surface area contributed by atoms with Gasteiger partial charge in [0.05, 0.1) is 0 Å². The monoisotopic (exact) mass is 443 g/mol. The second-order valence-electron chi connectivity index (χ2n) is 9.51. The maximum absolute atomic E-state index is 13.2. The fraction of sp³-hybridized carbons (Fsp3) is 0.385. The van der Waals surface area contributed by atoms with E-state index in [1.165, 1.54) is 0 Å². The topological polar surface area (TPSA) is 80.1 Å². The number of aromatic nitrogens is 3. The lowest BCUT2D eigenvalue weighted by molar-refractivity contribution is 0.0767. The number of hydrogen-bond acceptors (Lipinski definition) is 4. The lowest BCUT2D eigenvalue weighted by Crippen LogP contribution is -2.32. The summed E-state index contributed by atoms with van der Waals surface area (Å²) in [6, 6.07) is 15.4. The van der Waals surface area contributed by atoms with Crippen LogP contribution in [0.2, 0.25) is 0 Å². The van der Waals surface area contributed by atoms with Crippen molar-refractivity contribution in [3.05, 3.63) is 76.9 Å². The van der Waals surface area contributed by atoms with Crippen molar-refractivity contribution < 1.29 is 9.59 Å². The van der Waals surface area contributed by atoms with E-state index < -0.39 is 0 Å². The highest BCUT2D eigenvalue weighted by Crippen LogP contribution is 2.41. The largest absolute Gasteiger partial charge is 0.338 e. The van der Waals surface area contributed by atoms with Gasteiger partial charge >= 0.3 is 0 Å². The highest BCUT2D eigenvalue weighted by Gasteiger charge is 2.41. The molecule has 7 nitrogen and oxygen atoms in total. The molecule has 1 N–H and O–H groups in total. The summed E-state index contributed by atoms with van der Waals surface area (Å²) in [6.07, 6.45) is 3.59. The Morgan fingerprint density at radius 1 is 0.939 bits per heavy atom. The van der Waals surface area contributed by atoms with Gasteiger partial charge in [-0.25, -0.2) is 0 Å². The van der Waals surface area contributed by atoms with Crippen LogP contribution in [0.5, 0.6) is 0 Å². The summed E-state index contributed by atoms with van der Waals surface area (Å²) < 4.78 is 1.96. The molecule has 0 bridgehead atoms. The van der Waals surface area contributed by atoms with Crippen molar-refractivity contribution in [2.75, 3.05) is 18.4 Å². The van der Waals surface area contributed by atoms with E-state index in [1.54, 1.807) is 0 Å². The third kappa shape index (κ3) is 4.27. The molecule has 1 atom stereocenters. The molecule has 33 heavy (non-hydrogen) atoms. The molecule has 2 aromatic carbocycles. The minimum Gasteiger partial charge on any atom is -0.338 e. The highest BCUT2D eigenvalue weighted by molar-refractivity contribution is 6.01. The van der Waals surface area contributed by atoms with Gasteiger partial charge in [0.25, 0.3) is 11.8 Å². The molecule has 2 amide bonds. The first-order valence-electron chi connectivity index (χ1n) is 11.6. The predicted molar refractivity (Wildman–Crippen MR) is 126 cm³/mol. The standard InChI is InChI=1S/C26H29N5O2/c1-18-14-19(2)16-20(15-18)25(33)30-12-10-26(17-30)9-8-22-28-29-23(31(22)13-11-26)24(32)27-21-6-4-3-5-7-21/h3-7,14-16H,8-13,17H2,1-2H3,(H,27,32)/t26-/m1/s1. The number of rotatable bonds is 3. The Labute approximate surface area is 193 Å². The van der Waals surface area contributed by atoms with Crippen molar-refractivity contribution in [1.29, 1.82) is 0 Å². The zero-order valence-corrected chi connectivity index (χ0v) is 19.2. The lowest BCUT2D eigenvalue weighted by atomic mass is 9.80. The molecular weight excluding hydrogens is 414 g/mol. The first kappa shape index (κ1) is 21.4. The zero-order valence-electron chi connectivity index (χ0n) is 19.2. The molecule has 5 rings (SSSR count). The van der Waals surface area contributed by atoms with Crippen molar-refractivity contribution in [2.45, 2.75) is 46.1 Å². The van der Waals surface area contributed by atoms with E-state index in [2.05, 4.69) is 21.6 Å². The van der Waals surface area contributed by atoms with Gasteiger partial charge in [0.15, 0.2) is 0 Å². The molecule has 170 valence electrons. The molecule has 3 heterocycles. The summed E-state index contributed by atoms with van der Waals surface area (Å²) >= 11 is 0. The van der Waals surface area contributed by atoms with E-state index in [0.717, 1.165) is 67.0 Å². The van der Waals surface area contributed by atoms with Crippen LogP contribution >= 0.6 is 0 Å². The van der Waals surface area contributed by atoms with Crippen LogP contribution in [0, 0.1) is 19.3 Å². The van der Waals surface area contributed by atoms with Gasteiger partial charge in [-0.2, -0.15) is 0 Å². The molecule has 0 unspecified atom stereocenters. The number of para-hydroxylation sites is 1. The van der Waals surface area contributed by atoms with E-state index in [1.807, 2.05) is 65.8 Å². The third-order valence-electron chi connectivity index (χ3n) is 7.00. The molecule has 1 saturated heterocycles. The van der Waals surface area contributed by atoms with Gasteiger partial charge in [-0.3, -0.25) is 9.59 Å². The van der Waals surface area contributed by atoms with Crippen LogP contribution in [0.4, 0.5) is 5.69 Å². The fourth-order valence-electron chi connectivity index (χ4n) is 5.28. The number of fused-ring (bicyclic) bond motifs is 1. The van der Waals surface area contributed by atoms with Gasteiger partial charge in [0.2, 0.25) is 5.82 Å². The van der Waals surface area contributed by atoms with E-state index in [0.29, 0.717) is 12.4 Å². The van der Waals surface area contributed by atoms with Crippen molar-refractivity contribution in [3.8, 4) is 0 Å². The molecule has 0 aliphatic carbocycles. The van der Waals surface area contributed by atoms with Crippen molar-refractivity contribution >= 4 is 17.5 Å². The van der Waals surface area contributed by atoms with Crippen LogP contribution in [-0.2, 0) is 13.0 Å². The van der Waals surface area contributed by atoms with Crippen LogP contribution in [0.3, 0.4) is 0 Å². The molecule has 1 aromatic heterocycles. The van der Waals surface area contributed by atoms with Crippen LogP contribution in [0.15, 0.2) is 48.5 Å². The van der Waals surface area contributed by atoms with Gasteiger partial charge < -0.3 is 14.8 Å². The second-order valence-corrected chi connectivity index (χ2v) is 9.51. The Balaban J connectivity index is 1.29. The van der Waals surface area contributed by atoms with Gasteiger partial charge in [-0.05, 0) is 62.8 Å². The van der Waals surface area contributed by atoms with Crippen LogP contribution < -0.4 is 5.32 Å². The highest BCUT2D eigenvalue weighted by atomic mass is 16.2. The minimum absolute atomic E-state index is 0.0579. The molecule has 2 aliphatic rings. The van der Waals surface area contributed by atoms with Gasteiger partial charge in [-0.15, -0.1) is 10.2 Å². The molecule has 1 fully saturated rings. The van der Waals surface area contributed by atoms with Crippen molar-refractivity contribution in [1.82, 2.24) is 19.7 Å². The fourth-order valence-corrected chi connectivity index (χ4v) is 5.28. The maximum Gasteiger partial charge on any atom is 0.293 e. The summed E-state index contributed by atoms with van der Waals surface area (Å²) in [5.74, 6) is 1.08. The molecule has 0 saturated carbocycles. The van der Waals surface area contributed by atoms with Gasteiger partial charge in [-0.1, -0.05) is 35.4 Å². The Morgan fingerprint density at radius 2 is 1.67 bits per heavy atom. The smallest absolute Gasteiger partial charge is 0.293 e.